The molecule has 0 aliphatic carbocycles. The Hall–Kier alpha value is -2.94. The highest BCUT2D eigenvalue weighted by atomic mass is 35.5. The van der Waals surface area contributed by atoms with E-state index in [0.717, 1.165) is 38.1 Å². The maximum Gasteiger partial charge on any atom is 0.412 e. The molecule has 0 bridgehead atoms. The molecule has 1 fully saturated rings. The summed E-state index contributed by atoms with van der Waals surface area (Å²) in [5.41, 5.74) is -0.540. The lowest BCUT2D eigenvalue weighted by Crippen LogP contribution is -2.27. The smallest absolute Gasteiger partial charge is 0.412 e. The van der Waals surface area contributed by atoms with Gasteiger partial charge >= 0.3 is 6.09 Å². The summed E-state index contributed by atoms with van der Waals surface area (Å²) in [5, 5.41) is 5.12. The predicted octanol–water partition coefficient (Wildman–Crippen LogP) is 4.47. The maximum atomic E-state index is 13.8. The van der Waals surface area contributed by atoms with Crippen molar-refractivity contribution in [3.05, 3.63) is 40.9 Å². The number of carbonyl (C=O) groups excluding carboxylic acids is 2. The first-order valence-electron chi connectivity index (χ1n) is 9.51. The van der Waals surface area contributed by atoms with E-state index in [-0.39, 0.29) is 22.1 Å². The van der Waals surface area contributed by atoms with Crippen molar-refractivity contribution < 1.29 is 18.7 Å². The fourth-order valence-electron chi connectivity index (χ4n) is 2.91. The van der Waals surface area contributed by atoms with Gasteiger partial charge in [0.1, 0.15) is 11.4 Å². The summed E-state index contributed by atoms with van der Waals surface area (Å²) in [6, 6.07) is 3.57. The largest absolute Gasteiger partial charge is 0.444 e. The van der Waals surface area contributed by atoms with Crippen molar-refractivity contribution in [1.82, 2.24) is 9.97 Å². The summed E-state index contributed by atoms with van der Waals surface area (Å²) >= 11 is 6.12. The molecule has 2 heterocycles. The normalized spacial score (nSPS) is 13.8. The van der Waals surface area contributed by atoms with Gasteiger partial charge in [-0.1, -0.05) is 11.6 Å². The van der Waals surface area contributed by atoms with Crippen LogP contribution < -0.4 is 15.5 Å². The van der Waals surface area contributed by atoms with Crippen molar-refractivity contribution in [2.75, 3.05) is 28.6 Å². The van der Waals surface area contributed by atoms with E-state index < -0.39 is 23.4 Å². The molecule has 30 heavy (non-hydrogen) atoms. The Balaban J connectivity index is 1.82. The third kappa shape index (κ3) is 5.56. The topological polar surface area (TPSA) is 96.5 Å². The third-order valence-corrected chi connectivity index (χ3v) is 4.48. The van der Waals surface area contributed by atoms with E-state index in [4.69, 9.17) is 16.3 Å². The van der Waals surface area contributed by atoms with Crippen LogP contribution in [0.1, 0.15) is 44.1 Å². The van der Waals surface area contributed by atoms with Crippen molar-refractivity contribution in [3.8, 4) is 0 Å². The summed E-state index contributed by atoms with van der Waals surface area (Å²) < 4.78 is 19.0. The molecule has 1 saturated heterocycles. The molecule has 0 spiro atoms. The monoisotopic (exact) mass is 435 g/mol. The number of carbonyl (C=O) groups is 2. The lowest BCUT2D eigenvalue weighted by Gasteiger charge is -2.20. The molecule has 0 unspecified atom stereocenters. The molecular formula is C20H23ClFN5O3. The van der Waals surface area contributed by atoms with Crippen LogP contribution in [0.15, 0.2) is 24.4 Å². The van der Waals surface area contributed by atoms with Gasteiger partial charge in [-0.05, 0) is 51.8 Å². The molecule has 0 radical (unpaired) electrons. The van der Waals surface area contributed by atoms with Crippen LogP contribution in [-0.4, -0.2) is 40.7 Å². The van der Waals surface area contributed by atoms with Gasteiger partial charge in [0.15, 0.2) is 5.69 Å². The van der Waals surface area contributed by atoms with Crippen LogP contribution in [0.5, 0.6) is 0 Å². The average molecular weight is 436 g/mol. The summed E-state index contributed by atoms with van der Waals surface area (Å²) in [6.07, 6.45) is 2.68. The van der Waals surface area contributed by atoms with Crippen molar-refractivity contribution in [2.45, 2.75) is 39.2 Å². The Morgan fingerprint density at radius 3 is 2.53 bits per heavy atom. The molecule has 2 amide bonds. The molecule has 2 aromatic rings. The number of ether oxygens (including phenoxy) is 1. The van der Waals surface area contributed by atoms with Crippen LogP contribution in [0.25, 0.3) is 0 Å². The van der Waals surface area contributed by atoms with Crippen LogP contribution >= 0.6 is 11.6 Å². The summed E-state index contributed by atoms with van der Waals surface area (Å²) in [7, 11) is 0. The van der Waals surface area contributed by atoms with E-state index in [1.807, 2.05) is 4.90 Å². The minimum Gasteiger partial charge on any atom is -0.444 e. The lowest BCUT2D eigenvalue weighted by atomic mass is 10.2. The van der Waals surface area contributed by atoms with E-state index in [0.29, 0.717) is 5.95 Å². The molecule has 160 valence electrons. The van der Waals surface area contributed by atoms with Gasteiger partial charge in [0.05, 0.1) is 22.6 Å². The molecule has 0 saturated carbocycles. The fraction of sp³-hybridized carbons (Fsp3) is 0.400. The Kier molecular flexibility index (Phi) is 6.40. The predicted molar refractivity (Wildman–Crippen MR) is 113 cm³/mol. The number of amides is 2. The van der Waals surface area contributed by atoms with Crippen LogP contribution in [-0.2, 0) is 4.74 Å². The van der Waals surface area contributed by atoms with Crippen molar-refractivity contribution in [1.29, 1.82) is 0 Å². The summed E-state index contributed by atoms with van der Waals surface area (Å²) in [5.74, 6) is -0.833. The van der Waals surface area contributed by atoms with E-state index in [9.17, 15) is 14.0 Å². The highest BCUT2D eigenvalue weighted by Crippen LogP contribution is 2.26. The number of halogens is 2. The number of hydrogen-bond donors (Lipinski definition) is 2. The average Bonchev–Trinajstić information content (AvgIpc) is 3.17. The molecule has 0 atom stereocenters. The summed E-state index contributed by atoms with van der Waals surface area (Å²) in [4.78, 5) is 35.3. The van der Waals surface area contributed by atoms with E-state index in [1.165, 1.54) is 12.3 Å². The van der Waals surface area contributed by atoms with Gasteiger partial charge in [-0.25, -0.2) is 19.2 Å². The molecule has 3 rings (SSSR count). The van der Waals surface area contributed by atoms with Crippen molar-refractivity contribution in [2.24, 2.45) is 0 Å². The molecule has 2 N–H and O–H groups in total. The zero-order valence-corrected chi connectivity index (χ0v) is 17.7. The van der Waals surface area contributed by atoms with Crippen LogP contribution in [0.4, 0.5) is 26.5 Å². The SMILES string of the molecule is CC(C)(C)OC(=O)Nc1ccc(F)cc1NC(=O)c1nc(N2CCCC2)ncc1Cl. The first-order chi connectivity index (χ1) is 14.1. The number of hydrogen-bond acceptors (Lipinski definition) is 6. The molecule has 10 heteroatoms. The Labute approximate surface area is 178 Å². The number of anilines is 3. The Morgan fingerprint density at radius 1 is 1.17 bits per heavy atom. The molecule has 1 aliphatic heterocycles. The number of rotatable bonds is 4. The van der Waals surface area contributed by atoms with Gasteiger partial charge < -0.3 is 15.0 Å². The first kappa shape index (κ1) is 21.8. The standard InChI is InChI=1S/C20H23ClFN5O3/c1-20(2,3)30-19(29)25-14-7-6-12(22)10-15(14)24-17(28)16-13(21)11-23-18(26-16)27-8-4-5-9-27/h6-7,10-11H,4-5,8-9H2,1-3H3,(H,24,28)(H,25,29). The van der Waals surface area contributed by atoms with Crippen molar-refractivity contribution >= 4 is 40.9 Å². The number of nitrogens with one attached hydrogen (secondary N) is 2. The second kappa shape index (κ2) is 8.83. The quantitative estimate of drug-likeness (QED) is 0.735. The fourth-order valence-corrected chi connectivity index (χ4v) is 3.09. The second-order valence-electron chi connectivity index (χ2n) is 7.83. The zero-order chi connectivity index (χ0) is 21.9. The number of nitrogens with zero attached hydrogens (tertiary/aromatic N) is 3. The molecule has 1 aromatic carbocycles. The first-order valence-corrected chi connectivity index (χ1v) is 9.88. The van der Waals surface area contributed by atoms with Crippen LogP contribution in [0, 0.1) is 5.82 Å². The van der Waals surface area contributed by atoms with E-state index in [1.54, 1.807) is 20.8 Å². The lowest BCUT2D eigenvalue weighted by molar-refractivity contribution is 0.0635. The molecule has 8 nitrogen and oxygen atoms in total. The second-order valence-corrected chi connectivity index (χ2v) is 8.24. The van der Waals surface area contributed by atoms with Gasteiger partial charge in [0, 0.05) is 13.1 Å². The summed E-state index contributed by atoms with van der Waals surface area (Å²) in [6.45, 7) is 6.76. The van der Waals surface area contributed by atoms with Gasteiger partial charge in [-0.3, -0.25) is 10.1 Å². The van der Waals surface area contributed by atoms with Gasteiger partial charge in [-0.15, -0.1) is 0 Å². The van der Waals surface area contributed by atoms with Crippen LogP contribution in [0.2, 0.25) is 5.02 Å². The van der Waals surface area contributed by atoms with Gasteiger partial charge in [0.2, 0.25) is 5.95 Å². The van der Waals surface area contributed by atoms with Gasteiger partial charge in [0.25, 0.3) is 5.91 Å². The molecule has 1 aromatic heterocycles. The van der Waals surface area contributed by atoms with Gasteiger partial charge in [-0.2, -0.15) is 0 Å². The third-order valence-electron chi connectivity index (χ3n) is 4.20. The zero-order valence-electron chi connectivity index (χ0n) is 17.0. The number of aromatic nitrogens is 2. The highest BCUT2D eigenvalue weighted by molar-refractivity contribution is 6.34. The highest BCUT2D eigenvalue weighted by Gasteiger charge is 2.22. The minimum atomic E-state index is -0.735. The molecular weight excluding hydrogens is 413 g/mol. The van der Waals surface area contributed by atoms with Crippen molar-refractivity contribution in [3.63, 3.8) is 0 Å². The maximum absolute atomic E-state index is 13.8. The van der Waals surface area contributed by atoms with E-state index in [2.05, 4.69) is 20.6 Å². The van der Waals surface area contributed by atoms with E-state index >= 15 is 0 Å². The Morgan fingerprint density at radius 2 is 1.87 bits per heavy atom. The molecule has 1 aliphatic rings. The van der Waals surface area contributed by atoms with Crippen LogP contribution in [0.3, 0.4) is 0 Å². The number of benzene rings is 1. The minimum absolute atomic E-state index is 0.0407. The Bertz CT molecular complexity index is 958.